The maximum Gasteiger partial charge on any atom is 0.233 e. The molecule has 0 aromatic heterocycles. The van der Waals surface area contributed by atoms with Gasteiger partial charge in [-0.2, -0.15) is 0 Å². The van der Waals surface area contributed by atoms with Crippen molar-refractivity contribution in [1.29, 1.82) is 0 Å². The van der Waals surface area contributed by atoms with Crippen molar-refractivity contribution in [3.63, 3.8) is 0 Å². The van der Waals surface area contributed by atoms with Gasteiger partial charge in [0.15, 0.2) is 0 Å². The molecule has 2 aromatic carbocycles. The van der Waals surface area contributed by atoms with Crippen molar-refractivity contribution in [2.75, 3.05) is 21.1 Å². The standard InChI is InChI=1S/C18H20FN3O4S/c1-12(11-27(25,26)22-17-5-3-4-14(19)10-17)18(24)21-16-8-6-15(7-9-16)20-13(2)23/h3-10,12,22H,11H2,1-2H3,(H,20,23)(H,21,24). The Morgan fingerprint density at radius 3 is 2.15 bits per heavy atom. The minimum atomic E-state index is -3.83. The van der Waals surface area contributed by atoms with Crippen LogP contribution in [-0.4, -0.2) is 26.0 Å². The Morgan fingerprint density at radius 2 is 1.59 bits per heavy atom. The summed E-state index contributed by atoms with van der Waals surface area (Å²) in [6, 6.07) is 11.5. The number of nitrogens with one attached hydrogen (secondary N) is 3. The highest BCUT2D eigenvalue weighted by molar-refractivity contribution is 7.92. The third-order valence-corrected chi connectivity index (χ3v) is 4.97. The van der Waals surface area contributed by atoms with Crippen LogP contribution < -0.4 is 15.4 Å². The van der Waals surface area contributed by atoms with E-state index < -0.39 is 33.4 Å². The minimum absolute atomic E-state index is 0.0937. The molecule has 0 radical (unpaired) electrons. The molecule has 2 amide bonds. The Bertz CT molecular complexity index is 930. The third-order valence-electron chi connectivity index (χ3n) is 3.49. The van der Waals surface area contributed by atoms with E-state index in [1.807, 2.05) is 0 Å². The Kier molecular flexibility index (Phi) is 6.51. The van der Waals surface area contributed by atoms with Crippen molar-refractivity contribution in [3.05, 3.63) is 54.3 Å². The molecular weight excluding hydrogens is 373 g/mol. The number of carbonyl (C=O) groups is 2. The number of sulfonamides is 1. The molecular formula is C18H20FN3O4S. The van der Waals surface area contributed by atoms with E-state index in [1.165, 1.54) is 32.0 Å². The van der Waals surface area contributed by atoms with Crippen LogP contribution in [0.25, 0.3) is 0 Å². The largest absolute Gasteiger partial charge is 0.326 e. The molecule has 0 fully saturated rings. The fourth-order valence-corrected chi connectivity index (χ4v) is 3.66. The van der Waals surface area contributed by atoms with Crippen LogP contribution >= 0.6 is 0 Å². The number of rotatable bonds is 7. The molecule has 27 heavy (non-hydrogen) atoms. The average molecular weight is 393 g/mol. The van der Waals surface area contributed by atoms with Gasteiger partial charge < -0.3 is 10.6 Å². The fourth-order valence-electron chi connectivity index (χ4n) is 2.28. The Morgan fingerprint density at radius 1 is 1.00 bits per heavy atom. The topological polar surface area (TPSA) is 104 Å². The maximum absolute atomic E-state index is 13.2. The van der Waals surface area contributed by atoms with Gasteiger partial charge in [-0.05, 0) is 42.5 Å². The van der Waals surface area contributed by atoms with Crippen LogP contribution in [0.5, 0.6) is 0 Å². The lowest BCUT2D eigenvalue weighted by Crippen LogP contribution is -2.29. The second kappa shape index (κ2) is 8.63. The summed E-state index contributed by atoms with van der Waals surface area (Å²) < 4.78 is 39.7. The molecule has 1 atom stereocenters. The molecule has 0 bridgehead atoms. The third kappa shape index (κ3) is 6.70. The zero-order chi connectivity index (χ0) is 20.0. The summed E-state index contributed by atoms with van der Waals surface area (Å²) >= 11 is 0. The maximum atomic E-state index is 13.2. The summed E-state index contributed by atoms with van der Waals surface area (Å²) in [5.74, 6) is -2.56. The molecule has 0 aliphatic rings. The van der Waals surface area contributed by atoms with E-state index in [9.17, 15) is 22.4 Å². The van der Waals surface area contributed by atoms with Crippen molar-refractivity contribution in [2.45, 2.75) is 13.8 Å². The van der Waals surface area contributed by atoms with E-state index in [4.69, 9.17) is 0 Å². The van der Waals surface area contributed by atoms with Crippen LogP contribution in [-0.2, 0) is 19.6 Å². The Balaban J connectivity index is 1.95. The highest BCUT2D eigenvalue weighted by Crippen LogP contribution is 2.16. The van der Waals surface area contributed by atoms with Crippen LogP contribution in [0.2, 0.25) is 0 Å². The van der Waals surface area contributed by atoms with E-state index in [0.717, 1.165) is 6.07 Å². The van der Waals surface area contributed by atoms with Gasteiger partial charge in [-0.3, -0.25) is 14.3 Å². The van der Waals surface area contributed by atoms with E-state index in [0.29, 0.717) is 11.4 Å². The zero-order valence-corrected chi connectivity index (χ0v) is 15.6. The predicted molar refractivity (Wildman–Crippen MR) is 102 cm³/mol. The molecule has 0 saturated heterocycles. The lowest BCUT2D eigenvalue weighted by atomic mass is 10.2. The molecule has 2 rings (SSSR count). The summed E-state index contributed by atoms with van der Waals surface area (Å²) in [7, 11) is -3.83. The quantitative estimate of drug-likeness (QED) is 0.673. The molecule has 1 unspecified atom stereocenters. The highest BCUT2D eigenvalue weighted by atomic mass is 32.2. The Labute approximate surface area is 157 Å². The second-order valence-corrected chi connectivity index (χ2v) is 7.81. The molecule has 144 valence electrons. The first-order valence-electron chi connectivity index (χ1n) is 8.09. The fraction of sp³-hybridized carbons (Fsp3) is 0.222. The molecule has 0 spiro atoms. The van der Waals surface area contributed by atoms with Gasteiger partial charge in [0.1, 0.15) is 5.82 Å². The Hall–Kier alpha value is -2.94. The molecule has 3 N–H and O–H groups in total. The van der Waals surface area contributed by atoms with Crippen LogP contribution in [0.3, 0.4) is 0 Å². The first kappa shape index (κ1) is 20.4. The molecule has 0 heterocycles. The van der Waals surface area contributed by atoms with E-state index >= 15 is 0 Å². The van der Waals surface area contributed by atoms with Crippen LogP contribution in [0, 0.1) is 11.7 Å². The lowest BCUT2D eigenvalue weighted by molar-refractivity contribution is -0.118. The molecule has 9 heteroatoms. The van der Waals surface area contributed by atoms with Gasteiger partial charge in [-0.15, -0.1) is 0 Å². The van der Waals surface area contributed by atoms with Gasteiger partial charge in [0.25, 0.3) is 0 Å². The average Bonchev–Trinajstić information content (AvgIpc) is 2.55. The molecule has 2 aromatic rings. The van der Waals surface area contributed by atoms with Crippen molar-refractivity contribution in [3.8, 4) is 0 Å². The van der Waals surface area contributed by atoms with E-state index in [-0.39, 0.29) is 11.6 Å². The molecule has 0 saturated carbocycles. The normalized spacial score (nSPS) is 12.1. The lowest BCUT2D eigenvalue weighted by Gasteiger charge is -2.14. The number of anilines is 3. The van der Waals surface area contributed by atoms with Gasteiger partial charge in [-0.25, -0.2) is 12.8 Å². The first-order chi connectivity index (χ1) is 12.6. The number of benzene rings is 2. The van der Waals surface area contributed by atoms with Crippen molar-refractivity contribution >= 4 is 38.9 Å². The number of halogens is 1. The molecule has 0 aliphatic carbocycles. The van der Waals surface area contributed by atoms with Gasteiger partial charge in [0, 0.05) is 18.3 Å². The monoisotopic (exact) mass is 393 g/mol. The van der Waals surface area contributed by atoms with E-state index in [2.05, 4.69) is 15.4 Å². The SMILES string of the molecule is CC(=O)Nc1ccc(NC(=O)C(C)CS(=O)(=O)Nc2cccc(F)c2)cc1. The first-order valence-corrected chi connectivity index (χ1v) is 9.74. The van der Waals surface area contributed by atoms with Crippen molar-refractivity contribution in [1.82, 2.24) is 0 Å². The van der Waals surface area contributed by atoms with Gasteiger partial charge in [-0.1, -0.05) is 13.0 Å². The summed E-state index contributed by atoms with van der Waals surface area (Å²) in [4.78, 5) is 23.2. The second-order valence-electron chi connectivity index (χ2n) is 6.04. The van der Waals surface area contributed by atoms with Gasteiger partial charge in [0.05, 0.1) is 17.4 Å². The summed E-state index contributed by atoms with van der Waals surface area (Å²) in [6.07, 6.45) is 0. The summed E-state index contributed by atoms with van der Waals surface area (Å²) in [5, 5.41) is 5.21. The minimum Gasteiger partial charge on any atom is -0.326 e. The number of carbonyl (C=O) groups excluding carboxylic acids is 2. The number of hydrogen-bond acceptors (Lipinski definition) is 4. The number of hydrogen-bond donors (Lipinski definition) is 3. The smallest absolute Gasteiger partial charge is 0.233 e. The van der Waals surface area contributed by atoms with Crippen molar-refractivity contribution < 1.29 is 22.4 Å². The summed E-state index contributed by atoms with van der Waals surface area (Å²) in [5.41, 5.74) is 1.14. The van der Waals surface area contributed by atoms with Gasteiger partial charge in [0.2, 0.25) is 21.8 Å². The van der Waals surface area contributed by atoms with Gasteiger partial charge >= 0.3 is 0 Å². The zero-order valence-electron chi connectivity index (χ0n) is 14.8. The van der Waals surface area contributed by atoms with Crippen LogP contribution in [0.15, 0.2) is 48.5 Å². The summed E-state index contributed by atoms with van der Waals surface area (Å²) in [6.45, 7) is 2.86. The highest BCUT2D eigenvalue weighted by Gasteiger charge is 2.22. The van der Waals surface area contributed by atoms with Crippen molar-refractivity contribution in [2.24, 2.45) is 5.92 Å². The number of amides is 2. The van der Waals surface area contributed by atoms with E-state index in [1.54, 1.807) is 24.3 Å². The molecule has 7 nitrogen and oxygen atoms in total. The molecule has 0 aliphatic heterocycles. The predicted octanol–water partition coefficient (Wildman–Crippen LogP) is 2.80. The van der Waals surface area contributed by atoms with Crippen LogP contribution in [0.1, 0.15) is 13.8 Å². The van der Waals surface area contributed by atoms with Crippen LogP contribution in [0.4, 0.5) is 21.5 Å².